The van der Waals surface area contributed by atoms with Gasteiger partial charge >= 0.3 is 0 Å². The lowest BCUT2D eigenvalue weighted by Gasteiger charge is -2.12. The molecule has 0 aliphatic rings. The number of fused-ring (bicyclic) bond motifs is 1. The molecule has 2 nitrogen and oxygen atoms in total. The predicted molar refractivity (Wildman–Crippen MR) is 66.3 cm³/mol. The van der Waals surface area contributed by atoms with Gasteiger partial charge in [-0.3, -0.25) is 0 Å². The fraction of sp³-hybridized carbons (Fsp3) is 0.357. The van der Waals surface area contributed by atoms with E-state index in [4.69, 9.17) is 5.26 Å². The maximum atomic E-state index is 9.00. The van der Waals surface area contributed by atoms with Gasteiger partial charge in [-0.15, -0.1) is 0 Å². The second-order valence-electron chi connectivity index (χ2n) is 4.13. The predicted octanol–water partition coefficient (Wildman–Crippen LogP) is 3.94. The van der Waals surface area contributed by atoms with Crippen LogP contribution in [0.1, 0.15) is 43.7 Å². The fourth-order valence-corrected chi connectivity index (χ4v) is 2.24. The van der Waals surface area contributed by atoms with E-state index in [1.54, 1.807) is 6.20 Å². The zero-order valence-corrected chi connectivity index (χ0v) is 9.75. The molecule has 0 radical (unpaired) electrons. The molecule has 0 unspecified atom stereocenters. The van der Waals surface area contributed by atoms with Crippen molar-refractivity contribution in [1.82, 2.24) is 4.98 Å². The van der Waals surface area contributed by atoms with Crippen molar-refractivity contribution in [3.8, 4) is 6.07 Å². The number of H-pyrrole nitrogens is 1. The Hall–Kier alpha value is -1.75. The molecule has 82 valence electrons. The largest absolute Gasteiger partial charge is 0.360 e. The van der Waals surface area contributed by atoms with Gasteiger partial charge in [-0.25, -0.2) is 0 Å². The van der Waals surface area contributed by atoms with E-state index in [2.05, 4.69) is 43.1 Å². The Bertz CT molecular complexity index is 527. The summed E-state index contributed by atoms with van der Waals surface area (Å²) in [6.07, 6.45) is 4.07. The Morgan fingerprint density at radius 2 is 2.06 bits per heavy atom. The van der Waals surface area contributed by atoms with Crippen molar-refractivity contribution in [2.45, 2.75) is 32.6 Å². The molecular formula is C14H16N2. The van der Waals surface area contributed by atoms with E-state index < -0.39 is 0 Å². The van der Waals surface area contributed by atoms with Crippen molar-refractivity contribution in [1.29, 1.82) is 5.26 Å². The normalized spacial score (nSPS) is 10.9. The summed E-state index contributed by atoms with van der Waals surface area (Å²) < 4.78 is 0. The number of nitrogens with zero attached hydrogens (tertiary/aromatic N) is 1. The van der Waals surface area contributed by atoms with Gasteiger partial charge in [0.05, 0.1) is 5.56 Å². The first-order valence-corrected chi connectivity index (χ1v) is 5.81. The molecule has 2 heteroatoms. The summed E-state index contributed by atoms with van der Waals surface area (Å²) in [6, 6.07) is 8.61. The van der Waals surface area contributed by atoms with Crippen molar-refractivity contribution in [2.24, 2.45) is 0 Å². The van der Waals surface area contributed by atoms with Gasteiger partial charge in [0, 0.05) is 17.1 Å². The lowest BCUT2D eigenvalue weighted by Crippen LogP contribution is -1.94. The third kappa shape index (κ3) is 1.69. The molecule has 1 heterocycles. The molecule has 0 aliphatic heterocycles. The van der Waals surface area contributed by atoms with Gasteiger partial charge in [0.15, 0.2) is 0 Å². The van der Waals surface area contributed by atoms with Crippen molar-refractivity contribution >= 4 is 10.9 Å². The first-order chi connectivity index (χ1) is 7.80. The highest BCUT2D eigenvalue weighted by Crippen LogP contribution is 2.27. The molecule has 0 spiro atoms. The lowest BCUT2D eigenvalue weighted by atomic mass is 9.93. The van der Waals surface area contributed by atoms with Crippen LogP contribution < -0.4 is 0 Å². The summed E-state index contributed by atoms with van der Waals surface area (Å²) in [6.45, 7) is 4.42. The highest BCUT2D eigenvalue weighted by atomic mass is 14.7. The first-order valence-electron chi connectivity index (χ1n) is 5.81. The molecule has 1 aromatic carbocycles. The third-order valence-electron chi connectivity index (χ3n) is 3.28. The van der Waals surface area contributed by atoms with Crippen molar-refractivity contribution in [3.05, 3.63) is 35.5 Å². The zero-order chi connectivity index (χ0) is 11.5. The quantitative estimate of drug-likeness (QED) is 0.822. The second-order valence-corrected chi connectivity index (χ2v) is 4.13. The van der Waals surface area contributed by atoms with E-state index in [9.17, 15) is 0 Å². The van der Waals surface area contributed by atoms with E-state index >= 15 is 0 Å². The van der Waals surface area contributed by atoms with Gasteiger partial charge in [0.25, 0.3) is 0 Å². The van der Waals surface area contributed by atoms with Crippen LogP contribution in [0.2, 0.25) is 0 Å². The van der Waals surface area contributed by atoms with E-state index in [1.807, 2.05) is 0 Å². The average molecular weight is 212 g/mol. The molecule has 1 aromatic heterocycles. The molecule has 0 fully saturated rings. The van der Waals surface area contributed by atoms with Crippen LogP contribution in [0.25, 0.3) is 10.9 Å². The Morgan fingerprint density at radius 3 is 2.69 bits per heavy atom. The van der Waals surface area contributed by atoms with Crippen LogP contribution in [-0.2, 0) is 0 Å². The van der Waals surface area contributed by atoms with E-state index in [0.29, 0.717) is 5.92 Å². The Kier molecular flexibility index (Phi) is 2.96. The van der Waals surface area contributed by atoms with Crippen LogP contribution in [0.4, 0.5) is 0 Å². The SMILES string of the molecule is CCC(CC)c1ccc2[nH]cc(C#N)c2c1. The Morgan fingerprint density at radius 1 is 1.31 bits per heavy atom. The van der Waals surface area contributed by atoms with Crippen LogP contribution >= 0.6 is 0 Å². The van der Waals surface area contributed by atoms with Crippen LogP contribution in [0, 0.1) is 11.3 Å². The van der Waals surface area contributed by atoms with Crippen LogP contribution in [0.3, 0.4) is 0 Å². The fourth-order valence-electron chi connectivity index (χ4n) is 2.24. The maximum absolute atomic E-state index is 9.00. The number of aromatic amines is 1. The van der Waals surface area contributed by atoms with E-state index in [-0.39, 0.29) is 0 Å². The summed E-state index contributed by atoms with van der Waals surface area (Å²) in [5.74, 6) is 0.603. The van der Waals surface area contributed by atoms with E-state index in [1.165, 1.54) is 5.56 Å². The van der Waals surface area contributed by atoms with Gasteiger partial charge in [0.1, 0.15) is 6.07 Å². The smallest absolute Gasteiger partial charge is 0.101 e. The topological polar surface area (TPSA) is 39.6 Å². The molecule has 0 bridgehead atoms. The van der Waals surface area contributed by atoms with Crippen molar-refractivity contribution in [2.75, 3.05) is 0 Å². The number of rotatable bonds is 3. The lowest BCUT2D eigenvalue weighted by molar-refractivity contribution is 0.642. The number of nitriles is 1. The molecule has 16 heavy (non-hydrogen) atoms. The summed E-state index contributed by atoms with van der Waals surface area (Å²) in [5, 5.41) is 10.0. The highest BCUT2D eigenvalue weighted by Gasteiger charge is 2.09. The summed E-state index contributed by atoms with van der Waals surface area (Å²) in [5.41, 5.74) is 3.13. The van der Waals surface area contributed by atoms with Gasteiger partial charge in [-0.1, -0.05) is 19.9 Å². The Balaban J connectivity index is 2.54. The minimum Gasteiger partial charge on any atom is -0.360 e. The number of benzene rings is 1. The van der Waals surface area contributed by atoms with Gasteiger partial charge in [0.2, 0.25) is 0 Å². The Labute approximate surface area is 95.9 Å². The molecule has 0 amide bonds. The standard InChI is InChI=1S/C14H16N2/c1-3-10(4-2)11-5-6-14-13(7-11)12(8-15)9-16-14/h5-7,9-10,16H,3-4H2,1-2H3. The van der Waals surface area contributed by atoms with E-state index in [0.717, 1.165) is 29.3 Å². The molecule has 0 atom stereocenters. The monoisotopic (exact) mass is 212 g/mol. The van der Waals surface area contributed by atoms with Crippen molar-refractivity contribution in [3.63, 3.8) is 0 Å². The molecule has 2 rings (SSSR count). The summed E-state index contributed by atoms with van der Waals surface area (Å²) in [7, 11) is 0. The molecule has 1 N–H and O–H groups in total. The number of hydrogen-bond donors (Lipinski definition) is 1. The zero-order valence-electron chi connectivity index (χ0n) is 9.75. The molecule has 0 saturated heterocycles. The van der Waals surface area contributed by atoms with Crippen LogP contribution in [0.15, 0.2) is 24.4 Å². The van der Waals surface area contributed by atoms with Crippen molar-refractivity contribution < 1.29 is 0 Å². The first kappa shape index (κ1) is 10.8. The summed E-state index contributed by atoms with van der Waals surface area (Å²) >= 11 is 0. The third-order valence-corrected chi connectivity index (χ3v) is 3.28. The number of nitrogens with one attached hydrogen (secondary N) is 1. The van der Waals surface area contributed by atoms with Gasteiger partial charge in [-0.05, 0) is 36.5 Å². The molecule has 0 aliphatic carbocycles. The number of aromatic nitrogens is 1. The van der Waals surface area contributed by atoms with Gasteiger partial charge < -0.3 is 4.98 Å². The average Bonchev–Trinajstić information content (AvgIpc) is 2.73. The summed E-state index contributed by atoms with van der Waals surface area (Å²) in [4.78, 5) is 3.12. The highest BCUT2D eigenvalue weighted by molar-refractivity contribution is 5.86. The second kappa shape index (κ2) is 4.40. The number of hydrogen-bond acceptors (Lipinski definition) is 1. The molecule has 2 aromatic rings. The minimum absolute atomic E-state index is 0.603. The van der Waals surface area contributed by atoms with Gasteiger partial charge in [-0.2, -0.15) is 5.26 Å². The van der Waals surface area contributed by atoms with Crippen LogP contribution in [-0.4, -0.2) is 4.98 Å². The molecule has 0 saturated carbocycles. The maximum Gasteiger partial charge on any atom is 0.101 e. The molecular weight excluding hydrogens is 196 g/mol. The van der Waals surface area contributed by atoms with Crippen LogP contribution in [0.5, 0.6) is 0 Å². The minimum atomic E-state index is 0.603.